The molecule has 0 radical (unpaired) electrons. The quantitative estimate of drug-likeness (QED) is 0.0145. The van der Waals surface area contributed by atoms with Crippen molar-refractivity contribution < 1.29 is 134 Å². The smallest absolute Gasteiger partial charge is 0.407 e. The summed E-state index contributed by atoms with van der Waals surface area (Å²) in [7, 11) is 2.82. The molecule has 0 spiro atoms. The minimum atomic E-state index is -0.924. The standard InChI is InChI=1S/2C40H59N7O14/c2*1-25(44-27(3)50)33(52)20-29(8-6-7-14-42-26(2)49)38(55)46-32-11-9-31(23-60-40(57)41-5)34(22-32)59-19-18-58-17-15-43-35(53)13-16-47-37(54)21-30(39(47)56)10-12-36(61-24-48)45-28(4)51/h2*9,11,22,24-25,29-30,36H,6-8,10,12-21,23H2,1-5H3,(H,41,57)(H,42,49)(H,43,53)(H,44,50)(H,45,51)(H,46,55)/t2*25-,29+,30?,36+/m00/s1. The summed E-state index contributed by atoms with van der Waals surface area (Å²) in [5.41, 5.74) is 1.63. The van der Waals surface area contributed by atoms with E-state index in [1.54, 1.807) is 50.2 Å². The molecule has 2 unspecified atom stereocenters. The number of amides is 16. The molecule has 2 aliphatic rings. The van der Waals surface area contributed by atoms with Crippen molar-refractivity contribution >= 4 is 131 Å². The molecule has 676 valence electrons. The summed E-state index contributed by atoms with van der Waals surface area (Å²) in [5, 5.41) is 31.0. The number of hydrogen-bond donors (Lipinski definition) is 12. The maximum atomic E-state index is 13.5. The number of imide groups is 2. The predicted octanol–water partition coefficient (Wildman–Crippen LogP) is 1.16. The van der Waals surface area contributed by atoms with Crippen LogP contribution in [0.2, 0.25) is 0 Å². The number of hydrogen-bond acceptors (Lipinski definition) is 28. The number of rotatable bonds is 58. The molecular weight excluding hydrogens is 1600 g/mol. The Hall–Kier alpha value is -12.2. The number of unbranched alkanes of at least 4 members (excludes halogenated alkanes) is 2. The van der Waals surface area contributed by atoms with Crippen LogP contribution in [0, 0.1) is 23.7 Å². The largest absolute Gasteiger partial charge is 0.491 e. The van der Waals surface area contributed by atoms with E-state index < -0.39 is 119 Å². The second-order valence-corrected chi connectivity index (χ2v) is 28.5. The third-order valence-corrected chi connectivity index (χ3v) is 18.6. The van der Waals surface area contributed by atoms with Gasteiger partial charge in [0, 0.05) is 205 Å². The predicted molar refractivity (Wildman–Crippen MR) is 432 cm³/mol. The summed E-state index contributed by atoms with van der Waals surface area (Å²) in [6.07, 6.45) is -0.235. The molecule has 8 atom stereocenters. The fourth-order valence-electron chi connectivity index (χ4n) is 12.3. The summed E-state index contributed by atoms with van der Waals surface area (Å²) < 4.78 is 43.0. The number of ether oxygens (including phenoxy) is 8. The zero-order chi connectivity index (χ0) is 90.6. The molecule has 42 heteroatoms. The molecule has 16 amide bonds. The van der Waals surface area contributed by atoms with E-state index in [0.717, 1.165) is 9.80 Å². The zero-order valence-corrected chi connectivity index (χ0v) is 70.8. The molecule has 2 aromatic carbocycles. The van der Waals surface area contributed by atoms with Gasteiger partial charge >= 0.3 is 12.2 Å². The van der Waals surface area contributed by atoms with Crippen LogP contribution in [0.15, 0.2) is 36.4 Å². The number of ketones is 2. The molecule has 2 aromatic rings. The van der Waals surface area contributed by atoms with Gasteiger partial charge in [-0.2, -0.15) is 0 Å². The van der Waals surface area contributed by atoms with E-state index in [4.69, 9.17) is 37.9 Å². The first-order valence-corrected chi connectivity index (χ1v) is 40.1. The number of carbonyl (C=O) groups is 20. The van der Waals surface area contributed by atoms with Crippen LogP contribution in [0.4, 0.5) is 21.0 Å². The highest BCUT2D eigenvalue weighted by Gasteiger charge is 2.40. The van der Waals surface area contributed by atoms with Crippen LogP contribution >= 0.6 is 0 Å². The van der Waals surface area contributed by atoms with Gasteiger partial charge in [0.15, 0.2) is 24.0 Å². The molecular formula is C80H118N14O28. The fraction of sp³-hybridized carbons (Fsp3) is 0.600. The highest BCUT2D eigenvalue weighted by atomic mass is 16.6. The molecule has 2 saturated heterocycles. The van der Waals surface area contributed by atoms with Crippen molar-refractivity contribution in [3.8, 4) is 11.5 Å². The lowest BCUT2D eigenvalue weighted by Crippen LogP contribution is -2.39. The van der Waals surface area contributed by atoms with Crippen LogP contribution in [0.3, 0.4) is 0 Å². The first-order valence-electron chi connectivity index (χ1n) is 40.1. The van der Waals surface area contributed by atoms with Crippen LogP contribution in [0.1, 0.15) is 169 Å². The second kappa shape index (κ2) is 57.8. The summed E-state index contributed by atoms with van der Waals surface area (Å²) in [5.74, 6) is -8.27. The maximum Gasteiger partial charge on any atom is 0.407 e. The number of Topliss-reactive ketones (excluding diaryl/α,β-unsaturated/α-hetero) is 2. The van der Waals surface area contributed by atoms with Crippen LogP contribution in [-0.4, -0.2) is 247 Å². The summed E-state index contributed by atoms with van der Waals surface area (Å²) in [6, 6.07) is 7.89. The Morgan fingerprint density at radius 3 is 1.16 bits per heavy atom. The molecule has 0 bridgehead atoms. The Labute approximate surface area is 707 Å². The van der Waals surface area contributed by atoms with E-state index in [1.165, 1.54) is 55.6 Å². The molecule has 2 heterocycles. The fourth-order valence-corrected chi connectivity index (χ4v) is 12.3. The van der Waals surface area contributed by atoms with Crippen LogP contribution in [-0.2, 0) is 128 Å². The van der Waals surface area contributed by atoms with Gasteiger partial charge in [0.1, 0.15) is 37.9 Å². The van der Waals surface area contributed by atoms with Gasteiger partial charge < -0.3 is 102 Å². The number of alkyl carbamates (subject to hydrolysis) is 2. The van der Waals surface area contributed by atoms with Crippen molar-refractivity contribution in [2.75, 3.05) is 104 Å². The van der Waals surface area contributed by atoms with Crippen LogP contribution < -0.4 is 73.3 Å². The van der Waals surface area contributed by atoms with Gasteiger partial charge in [0.05, 0.1) is 38.5 Å². The molecule has 12 N–H and O–H groups in total. The van der Waals surface area contributed by atoms with Crippen molar-refractivity contribution in [1.82, 2.24) is 63.0 Å². The molecule has 2 aliphatic heterocycles. The monoisotopic (exact) mass is 1720 g/mol. The van der Waals surface area contributed by atoms with Crippen molar-refractivity contribution in [3.63, 3.8) is 0 Å². The number of benzene rings is 2. The van der Waals surface area contributed by atoms with Crippen molar-refractivity contribution in [2.24, 2.45) is 23.7 Å². The number of carbonyl (C=O) groups excluding carboxylic acids is 20. The third-order valence-electron chi connectivity index (χ3n) is 18.6. The minimum Gasteiger partial charge on any atom is -0.491 e. The average molecular weight is 1720 g/mol. The van der Waals surface area contributed by atoms with E-state index in [1.807, 2.05) is 0 Å². The van der Waals surface area contributed by atoms with E-state index in [9.17, 15) is 95.9 Å². The molecule has 2 fully saturated rings. The second-order valence-electron chi connectivity index (χ2n) is 28.5. The zero-order valence-electron chi connectivity index (χ0n) is 70.8. The SMILES string of the molecule is CNC(=O)OCc1ccc(NC(=O)[C@H](CCCCNC(C)=O)CC(=O)[C@H](C)NC(C)=O)cc1OCCOCCNC(=O)CCN1C(=O)CC(CC[C@H](NC(C)=O)OC=O)C1=O.CNC(=O)OCc1ccc(NC(=O)[C@H](CCCCNC(C)=O)CC(=O)[C@H](C)NC(C)=O)cc1OCCOCCNC(=O)CCN1C(=O)CC(CC[C@H](NC(C)=O)OC=O)C1=O. The van der Waals surface area contributed by atoms with Crippen molar-refractivity contribution in [2.45, 2.75) is 196 Å². The Bertz CT molecular complexity index is 3660. The van der Waals surface area contributed by atoms with Gasteiger partial charge in [0.25, 0.3) is 12.9 Å². The molecule has 4 rings (SSSR count). The third kappa shape index (κ3) is 42.6. The number of likely N-dealkylation sites (tertiary alicyclic amines) is 2. The van der Waals surface area contributed by atoms with Gasteiger partial charge in [-0.25, -0.2) is 9.59 Å². The van der Waals surface area contributed by atoms with Crippen molar-refractivity contribution in [3.05, 3.63) is 47.5 Å². The summed E-state index contributed by atoms with van der Waals surface area (Å²) in [4.78, 5) is 243. The highest BCUT2D eigenvalue weighted by Crippen LogP contribution is 2.30. The van der Waals surface area contributed by atoms with Crippen LogP contribution in [0.5, 0.6) is 11.5 Å². The molecule has 0 aromatic heterocycles. The lowest BCUT2D eigenvalue weighted by molar-refractivity contribution is -0.142. The molecule has 0 saturated carbocycles. The Kier molecular flexibility index (Phi) is 49.3. The van der Waals surface area contributed by atoms with Gasteiger partial charge in [-0.1, -0.05) is 12.8 Å². The lowest BCUT2D eigenvalue weighted by atomic mass is 9.92. The Balaban J connectivity index is 0.000000630. The Morgan fingerprint density at radius 1 is 0.451 bits per heavy atom. The topological polar surface area (TPSA) is 566 Å². The van der Waals surface area contributed by atoms with Gasteiger partial charge in [-0.3, -0.25) is 96.1 Å². The first kappa shape index (κ1) is 104. The van der Waals surface area contributed by atoms with Gasteiger partial charge in [0.2, 0.25) is 82.7 Å². The first-order chi connectivity index (χ1) is 58.1. The Morgan fingerprint density at radius 2 is 0.820 bits per heavy atom. The van der Waals surface area contributed by atoms with E-state index in [0.29, 0.717) is 74.1 Å². The summed E-state index contributed by atoms with van der Waals surface area (Å²) >= 11 is 0. The molecule has 122 heavy (non-hydrogen) atoms. The van der Waals surface area contributed by atoms with Crippen LogP contribution in [0.25, 0.3) is 0 Å². The van der Waals surface area contributed by atoms with E-state index >= 15 is 0 Å². The van der Waals surface area contributed by atoms with E-state index in [2.05, 4.69) is 63.8 Å². The van der Waals surface area contributed by atoms with Gasteiger partial charge in [-0.15, -0.1) is 0 Å². The number of nitrogens with zero attached hydrogens (tertiary/aromatic N) is 2. The average Bonchev–Trinajstić information content (AvgIpc) is 1.65. The minimum absolute atomic E-state index is 0.0258. The molecule has 42 nitrogen and oxygen atoms in total. The molecule has 0 aliphatic carbocycles. The highest BCUT2D eigenvalue weighted by molar-refractivity contribution is 6.05. The lowest BCUT2D eigenvalue weighted by Gasteiger charge is -2.20. The van der Waals surface area contributed by atoms with Crippen molar-refractivity contribution in [1.29, 1.82) is 0 Å². The number of anilines is 2. The number of nitrogens with one attached hydrogen (secondary N) is 12. The normalized spacial score (nSPS) is 14.8. The van der Waals surface area contributed by atoms with E-state index in [-0.39, 0.29) is 203 Å². The summed E-state index contributed by atoms with van der Waals surface area (Å²) in [6.45, 7) is 12.3. The van der Waals surface area contributed by atoms with Gasteiger partial charge in [-0.05, 0) is 76.6 Å². The maximum absolute atomic E-state index is 13.5.